The second-order valence-corrected chi connectivity index (χ2v) is 13.6. The van der Waals surface area contributed by atoms with E-state index in [1.54, 1.807) is 7.11 Å². The molecule has 0 radical (unpaired) electrons. The summed E-state index contributed by atoms with van der Waals surface area (Å²) in [5.41, 5.74) is -0.789. The molecule has 1 N–H and O–H groups in total. The lowest BCUT2D eigenvalue weighted by molar-refractivity contribution is -0.217. The highest BCUT2D eigenvalue weighted by molar-refractivity contribution is 5.90. The van der Waals surface area contributed by atoms with E-state index in [0.717, 1.165) is 36.8 Å². The summed E-state index contributed by atoms with van der Waals surface area (Å²) in [7, 11) is 1.71. The van der Waals surface area contributed by atoms with Crippen LogP contribution in [-0.2, 0) is 23.8 Å². The van der Waals surface area contributed by atoms with Crippen LogP contribution in [0.1, 0.15) is 53.4 Å². The summed E-state index contributed by atoms with van der Waals surface area (Å²) >= 11 is 0. The van der Waals surface area contributed by atoms with Gasteiger partial charge in [-0.3, -0.25) is 4.79 Å². The highest BCUT2D eigenvalue weighted by Crippen LogP contribution is 2.82. The van der Waals surface area contributed by atoms with Gasteiger partial charge < -0.3 is 29.0 Å². The molecule has 1 aromatic rings. The Morgan fingerprint density at radius 1 is 1.18 bits per heavy atom. The van der Waals surface area contributed by atoms with Crippen LogP contribution in [0.25, 0.3) is 0 Å². The number of carboxylic acids is 1. The molecular weight excluding hydrogens is 506 g/mol. The summed E-state index contributed by atoms with van der Waals surface area (Å²) < 4.78 is 19.0. The molecule has 6 rings (SSSR count). The molecule has 1 saturated heterocycles. The largest absolute Gasteiger partial charge is 0.481 e. The number of fused-ring (bicyclic) bond motifs is 2. The number of methoxy groups -OCH3 is 1. The Kier molecular flexibility index (Phi) is 6.95. The highest BCUT2D eigenvalue weighted by atomic mass is 16.7. The molecule has 4 aliphatic carbocycles. The van der Waals surface area contributed by atoms with Gasteiger partial charge in [-0.25, -0.2) is 0 Å². The maximum atomic E-state index is 13.7. The van der Waals surface area contributed by atoms with E-state index in [0.29, 0.717) is 31.3 Å². The number of rotatable bonds is 8. The lowest BCUT2D eigenvalue weighted by atomic mass is 9.43. The van der Waals surface area contributed by atoms with E-state index in [1.165, 1.54) is 0 Å². The lowest BCUT2D eigenvalue weighted by Crippen LogP contribution is -2.63. The summed E-state index contributed by atoms with van der Waals surface area (Å²) in [5, 5.41) is 11.2. The molecule has 0 spiro atoms. The van der Waals surface area contributed by atoms with Gasteiger partial charge in [-0.1, -0.05) is 57.0 Å². The number of hydrogen-bond donors (Lipinski definition) is 1. The van der Waals surface area contributed by atoms with Crippen molar-refractivity contribution in [3.8, 4) is 0 Å². The number of para-hydroxylation sites is 1. The predicted molar refractivity (Wildman–Crippen MR) is 152 cm³/mol. The summed E-state index contributed by atoms with van der Waals surface area (Å²) in [4.78, 5) is 29.2. The maximum Gasteiger partial charge on any atom is 0.315 e. The van der Waals surface area contributed by atoms with Gasteiger partial charge in [-0.2, -0.15) is 0 Å². The Balaban J connectivity index is 1.38. The third kappa shape index (κ3) is 3.59. The summed E-state index contributed by atoms with van der Waals surface area (Å²) in [6, 6.07) is 10.2. The van der Waals surface area contributed by atoms with Crippen molar-refractivity contribution in [2.75, 3.05) is 31.7 Å². The molecule has 0 amide bonds. The first kappa shape index (κ1) is 27.9. The van der Waals surface area contributed by atoms with E-state index in [9.17, 15) is 14.7 Å². The number of aldehydes is 1. The van der Waals surface area contributed by atoms with Crippen LogP contribution in [0.5, 0.6) is 0 Å². The van der Waals surface area contributed by atoms with Gasteiger partial charge in [0.25, 0.3) is 0 Å². The monoisotopic (exact) mass is 551 g/mol. The van der Waals surface area contributed by atoms with Crippen molar-refractivity contribution < 1.29 is 28.9 Å². The van der Waals surface area contributed by atoms with Gasteiger partial charge in [0.15, 0.2) is 6.29 Å². The van der Waals surface area contributed by atoms with Crippen molar-refractivity contribution in [3.05, 3.63) is 42.0 Å². The summed E-state index contributed by atoms with van der Waals surface area (Å²) in [5.74, 6) is 0.118. The van der Waals surface area contributed by atoms with Crippen molar-refractivity contribution in [1.82, 2.24) is 0 Å². The molecule has 4 fully saturated rings. The van der Waals surface area contributed by atoms with Crippen LogP contribution in [-0.4, -0.2) is 62.7 Å². The lowest BCUT2D eigenvalue weighted by Gasteiger charge is -2.58. The second-order valence-electron chi connectivity index (χ2n) is 13.6. The zero-order chi connectivity index (χ0) is 28.4. The molecular formula is C33H45NO6. The number of nitrogens with zero attached hydrogens (tertiary/aromatic N) is 1. The van der Waals surface area contributed by atoms with E-state index in [4.69, 9.17) is 14.2 Å². The van der Waals surface area contributed by atoms with Gasteiger partial charge in [-0.15, -0.1) is 0 Å². The summed E-state index contributed by atoms with van der Waals surface area (Å²) in [6.07, 6.45) is 5.80. The Labute approximate surface area is 238 Å². The number of carbonyl (C=O) groups excluding carboxylic acids is 1. The SMILES string of the molecule is CO[C@H]1CN(c2ccccc2)C[C@H](OCC23C[C@@H]4[C@H](C)CC[C@H]4[C@@]4(C=O)CC2C=C(C(C)C)[C@@]34C(=O)O)O[C@@H]1C. The molecule has 7 nitrogen and oxygen atoms in total. The molecule has 40 heavy (non-hydrogen) atoms. The third-order valence-corrected chi connectivity index (χ3v) is 11.7. The average molecular weight is 552 g/mol. The van der Waals surface area contributed by atoms with Crippen LogP contribution in [0, 0.1) is 45.8 Å². The molecule has 4 bridgehead atoms. The first-order chi connectivity index (χ1) is 19.1. The second kappa shape index (κ2) is 9.95. The fourth-order valence-electron chi connectivity index (χ4n) is 10.1. The highest BCUT2D eigenvalue weighted by Gasteiger charge is 2.84. The molecule has 5 aliphatic rings. The third-order valence-electron chi connectivity index (χ3n) is 11.7. The van der Waals surface area contributed by atoms with Gasteiger partial charge in [0.2, 0.25) is 0 Å². The number of carboxylic acid groups (broad SMARTS) is 1. The van der Waals surface area contributed by atoms with Gasteiger partial charge in [0.1, 0.15) is 17.8 Å². The number of aliphatic carboxylic acids is 1. The fraction of sp³-hybridized carbons (Fsp3) is 0.697. The van der Waals surface area contributed by atoms with Gasteiger partial charge >= 0.3 is 5.97 Å². The standard InChI is InChI=1S/C33H45NO6/c1-20(2)27-13-23-14-31(18-35)26-12-11-21(3)25(26)15-32(23,33(27,31)30(36)37)19-39-29-17-34(24-9-7-6-8-10-24)16-28(38-5)22(4)40-29/h6-10,13,18,20-23,25-26,28-29H,11-12,14-17,19H2,1-5H3,(H,36,37)/t21-,22-,23?,25-,26-,28+,29-,31+,32?,33+/m1/s1. The Morgan fingerprint density at radius 2 is 1.93 bits per heavy atom. The van der Waals surface area contributed by atoms with E-state index in [2.05, 4.69) is 43.9 Å². The van der Waals surface area contributed by atoms with Crippen LogP contribution in [0.3, 0.4) is 0 Å². The van der Waals surface area contributed by atoms with E-state index in [-0.39, 0.29) is 36.6 Å². The normalized spacial score (nSPS) is 43.9. The molecule has 1 heterocycles. The number of anilines is 1. The van der Waals surface area contributed by atoms with Crippen molar-refractivity contribution in [1.29, 1.82) is 0 Å². The van der Waals surface area contributed by atoms with Gasteiger partial charge in [0.05, 0.1) is 24.7 Å². The van der Waals surface area contributed by atoms with Crippen molar-refractivity contribution >= 4 is 17.9 Å². The molecule has 7 heteroatoms. The van der Waals surface area contributed by atoms with Crippen molar-refractivity contribution in [3.63, 3.8) is 0 Å². The first-order valence-electron chi connectivity index (χ1n) is 15.2. The van der Waals surface area contributed by atoms with Gasteiger partial charge in [-0.05, 0) is 67.9 Å². The van der Waals surface area contributed by atoms with Crippen LogP contribution in [0.15, 0.2) is 42.0 Å². The zero-order valence-corrected chi connectivity index (χ0v) is 24.5. The number of benzene rings is 1. The molecule has 10 atom stereocenters. The minimum absolute atomic E-state index is 0.00384. The number of ether oxygens (including phenoxy) is 3. The van der Waals surface area contributed by atoms with Crippen LogP contribution in [0.4, 0.5) is 5.69 Å². The van der Waals surface area contributed by atoms with Crippen molar-refractivity contribution in [2.45, 2.75) is 71.9 Å². The van der Waals surface area contributed by atoms with E-state index < -0.39 is 28.5 Å². The number of carbonyl (C=O) groups is 2. The summed E-state index contributed by atoms with van der Waals surface area (Å²) in [6.45, 7) is 9.90. The minimum atomic E-state index is -1.24. The topological polar surface area (TPSA) is 85.3 Å². The Hall–Kier alpha value is -2.22. The number of hydrogen-bond acceptors (Lipinski definition) is 6. The minimum Gasteiger partial charge on any atom is -0.481 e. The van der Waals surface area contributed by atoms with Gasteiger partial charge in [0, 0.05) is 24.8 Å². The molecule has 218 valence electrons. The smallest absolute Gasteiger partial charge is 0.315 e. The zero-order valence-electron chi connectivity index (χ0n) is 24.5. The van der Waals surface area contributed by atoms with Crippen LogP contribution in [0.2, 0.25) is 0 Å². The van der Waals surface area contributed by atoms with Crippen LogP contribution < -0.4 is 4.90 Å². The van der Waals surface area contributed by atoms with Crippen molar-refractivity contribution in [2.24, 2.45) is 45.8 Å². The quantitative estimate of drug-likeness (QED) is 0.351. The van der Waals surface area contributed by atoms with E-state index in [1.807, 2.05) is 25.1 Å². The molecule has 2 unspecified atom stereocenters. The molecule has 3 saturated carbocycles. The first-order valence-corrected chi connectivity index (χ1v) is 15.2. The maximum absolute atomic E-state index is 13.7. The number of allylic oxidation sites excluding steroid dienone is 1. The predicted octanol–water partition coefficient (Wildman–Crippen LogP) is 5.19. The fourth-order valence-corrected chi connectivity index (χ4v) is 10.1. The molecule has 0 aromatic heterocycles. The Morgan fingerprint density at radius 3 is 2.58 bits per heavy atom. The van der Waals surface area contributed by atoms with E-state index >= 15 is 0 Å². The molecule has 1 aromatic carbocycles. The molecule has 1 aliphatic heterocycles. The Bertz CT molecular complexity index is 1170. The average Bonchev–Trinajstić information content (AvgIpc) is 3.46. The van der Waals surface area contributed by atoms with Crippen LogP contribution >= 0.6 is 0 Å².